The molecule has 1 fully saturated rings. The van der Waals surface area contributed by atoms with Crippen molar-refractivity contribution in [2.24, 2.45) is 7.05 Å². The summed E-state index contributed by atoms with van der Waals surface area (Å²) in [4.78, 5) is 1.97. The van der Waals surface area contributed by atoms with E-state index in [1.54, 1.807) is 23.9 Å². The summed E-state index contributed by atoms with van der Waals surface area (Å²) in [7, 11) is 3.46. The summed E-state index contributed by atoms with van der Waals surface area (Å²) >= 11 is 0. The Kier molecular flexibility index (Phi) is 3.77. The lowest BCUT2D eigenvalue weighted by molar-refractivity contribution is 0.105. The zero-order valence-corrected chi connectivity index (χ0v) is 12.4. The number of nitrogens with zero attached hydrogens (tertiary/aromatic N) is 5. The van der Waals surface area contributed by atoms with Gasteiger partial charge in [0.2, 0.25) is 0 Å². The molecule has 0 N–H and O–H groups in total. The average Bonchev–Trinajstić information content (AvgIpc) is 3.12. The van der Waals surface area contributed by atoms with E-state index in [0.717, 1.165) is 5.69 Å². The molecule has 2 heterocycles. The summed E-state index contributed by atoms with van der Waals surface area (Å²) in [6.45, 7) is 1.19. The van der Waals surface area contributed by atoms with E-state index >= 15 is 0 Å². The summed E-state index contributed by atoms with van der Waals surface area (Å²) in [5.74, 6) is -0.467. The maximum absolute atomic E-state index is 13.8. The molecule has 3 rings (SSSR count). The molecule has 2 aromatic rings. The largest absolute Gasteiger partial charge is 0.379 e. The Morgan fingerprint density at radius 2 is 2.23 bits per heavy atom. The number of hydrogen-bond donors (Lipinski definition) is 0. The molecule has 7 heteroatoms. The zero-order valence-electron chi connectivity index (χ0n) is 12.4. The van der Waals surface area contributed by atoms with Gasteiger partial charge in [0, 0.05) is 33.4 Å². The maximum atomic E-state index is 13.8. The monoisotopic (exact) mass is 301 g/mol. The van der Waals surface area contributed by atoms with Crippen LogP contribution in [0.4, 0.5) is 10.1 Å². The second kappa shape index (κ2) is 5.73. The predicted octanol–water partition coefficient (Wildman–Crippen LogP) is 1.44. The molecule has 0 saturated carbocycles. The fraction of sp³-hybridized carbons (Fsp3) is 0.400. The van der Waals surface area contributed by atoms with Gasteiger partial charge in [0.1, 0.15) is 17.4 Å². The van der Waals surface area contributed by atoms with Gasteiger partial charge in [0.25, 0.3) is 0 Å². The highest BCUT2D eigenvalue weighted by molar-refractivity contribution is 5.61. The fourth-order valence-electron chi connectivity index (χ4n) is 2.92. The van der Waals surface area contributed by atoms with E-state index in [0.29, 0.717) is 18.8 Å². The Bertz CT molecular complexity index is 723. The van der Waals surface area contributed by atoms with Crippen molar-refractivity contribution < 1.29 is 9.13 Å². The van der Waals surface area contributed by atoms with Gasteiger partial charge in [0.15, 0.2) is 0 Å². The van der Waals surface area contributed by atoms with Crippen LogP contribution in [0, 0.1) is 17.1 Å². The van der Waals surface area contributed by atoms with Crippen LogP contribution in [-0.4, -0.2) is 41.3 Å². The van der Waals surface area contributed by atoms with Crippen LogP contribution in [0.25, 0.3) is 0 Å². The number of rotatable bonds is 3. The highest BCUT2D eigenvalue weighted by Gasteiger charge is 2.36. The number of halogens is 1. The van der Waals surface area contributed by atoms with Crippen molar-refractivity contribution in [3.8, 4) is 6.07 Å². The Balaban J connectivity index is 1.92. The molecule has 114 valence electrons. The van der Waals surface area contributed by atoms with E-state index in [1.165, 1.54) is 6.07 Å². The third-order valence-corrected chi connectivity index (χ3v) is 4.01. The Morgan fingerprint density at radius 3 is 2.86 bits per heavy atom. The number of benzene rings is 1. The maximum Gasteiger partial charge on any atom is 0.143 e. The lowest BCUT2D eigenvalue weighted by atomic mass is 10.0. The number of methoxy groups -OCH3 is 1. The molecule has 0 bridgehead atoms. The summed E-state index contributed by atoms with van der Waals surface area (Å²) < 4.78 is 21.0. The Labute approximate surface area is 127 Å². The van der Waals surface area contributed by atoms with Gasteiger partial charge in [-0.2, -0.15) is 5.26 Å². The van der Waals surface area contributed by atoms with Crippen LogP contribution >= 0.6 is 0 Å². The molecule has 0 amide bonds. The molecule has 1 aromatic heterocycles. The van der Waals surface area contributed by atoms with Crippen molar-refractivity contribution in [2.75, 3.05) is 25.1 Å². The lowest BCUT2D eigenvalue weighted by Gasteiger charge is -2.19. The molecule has 6 nitrogen and oxygen atoms in total. The number of nitriles is 1. The van der Waals surface area contributed by atoms with Crippen molar-refractivity contribution in [1.82, 2.24) is 15.0 Å². The highest BCUT2D eigenvalue weighted by atomic mass is 19.1. The van der Waals surface area contributed by atoms with Crippen molar-refractivity contribution in [3.63, 3.8) is 0 Å². The van der Waals surface area contributed by atoms with Crippen LogP contribution in [0.2, 0.25) is 0 Å². The molecule has 0 unspecified atom stereocenters. The number of hydrogen-bond acceptors (Lipinski definition) is 5. The molecular weight excluding hydrogens is 285 g/mol. The second-order valence-electron chi connectivity index (χ2n) is 5.35. The molecule has 1 saturated heterocycles. The first-order chi connectivity index (χ1) is 10.6. The summed E-state index contributed by atoms with van der Waals surface area (Å²) in [6, 6.07) is 6.61. The first-order valence-corrected chi connectivity index (χ1v) is 6.96. The first-order valence-electron chi connectivity index (χ1n) is 6.96. The van der Waals surface area contributed by atoms with E-state index in [2.05, 4.69) is 10.3 Å². The minimum atomic E-state index is -0.503. The van der Waals surface area contributed by atoms with Crippen molar-refractivity contribution >= 4 is 5.69 Å². The lowest BCUT2D eigenvalue weighted by Crippen LogP contribution is -2.23. The van der Waals surface area contributed by atoms with E-state index in [-0.39, 0.29) is 17.6 Å². The van der Waals surface area contributed by atoms with E-state index < -0.39 is 5.82 Å². The first kappa shape index (κ1) is 14.5. The minimum Gasteiger partial charge on any atom is -0.379 e. The molecule has 0 spiro atoms. The SMILES string of the molecule is CO[C@@H]1CN(c2cccc(F)c2C#N)C[C@H]1c1cn(C)nn1. The number of ether oxygens (including phenoxy) is 1. The van der Waals surface area contributed by atoms with Gasteiger partial charge in [0.05, 0.1) is 23.4 Å². The Hall–Kier alpha value is -2.46. The molecular formula is C15H16FN5O. The Morgan fingerprint density at radius 1 is 1.41 bits per heavy atom. The molecule has 2 atom stereocenters. The van der Waals surface area contributed by atoms with Crippen molar-refractivity contribution in [2.45, 2.75) is 12.0 Å². The minimum absolute atomic E-state index is 0.0357. The average molecular weight is 301 g/mol. The highest BCUT2D eigenvalue weighted by Crippen LogP contribution is 2.33. The normalized spacial score (nSPS) is 21.1. The number of aromatic nitrogens is 3. The van der Waals surface area contributed by atoms with Gasteiger partial charge >= 0.3 is 0 Å². The third-order valence-electron chi connectivity index (χ3n) is 4.01. The van der Waals surface area contributed by atoms with Gasteiger partial charge in [-0.05, 0) is 12.1 Å². The van der Waals surface area contributed by atoms with Crippen LogP contribution in [0.5, 0.6) is 0 Å². The van der Waals surface area contributed by atoms with E-state index in [9.17, 15) is 9.65 Å². The van der Waals surface area contributed by atoms with Crippen LogP contribution < -0.4 is 4.90 Å². The van der Waals surface area contributed by atoms with Crippen molar-refractivity contribution in [3.05, 3.63) is 41.5 Å². The van der Waals surface area contributed by atoms with E-state index in [4.69, 9.17) is 4.74 Å². The topological polar surface area (TPSA) is 67.0 Å². The summed E-state index contributed by atoms with van der Waals surface area (Å²) in [5, 5.41) is 17.3. The smallest absolute Gasteiger partial charge is 0.143 e. The number of anilines is 1. The molecule has 0 radical (unpaired) electrons. The van der Waals surface area contributed by atoms with Gasteiger partial charge in [-0.15, -0.1) is 5.10 Å². The van der Waals surface area contributed by atoms with Crippen molar-refractivity contribution in [1.29, 1.82) is 5.26 Å². The van der Waals surface area contributed by atoms with Gasteiger partial charge in [-0.1, -0.05) is 11.3 Å². The molecule has 1 aliphatic rings. The van der Waals surface area contributed by atoms with Crippen LogP contribution in [0.1, 0.15) is 17.2 Å². The summed E-state index contributed by atoms with van der Waals surface area (Å²) in [6.07, 6.45) is 1.78. The quantitative estimate of drug-likeness (QED) is 0.858. The van der Waals surface area contributed by atoms with Crippen LogP contribution in [-0.2, 0) is 11.8 Å². The van der Waals surface area contributed by atoms with Crippen LogP contribution in [0.15, 0.2) is 24.4 Å². The summed E-state index contributed by atoms with van der Waals surface area (Å²) in [5.41, 5.74) is 1.50. The fourth-order valence-corrected chi connectivity index (χ4v) is 2.92. The molecule has 1 aromatic carbocycles. The van der Waals surface area contributed by atoms with Gasteiger partial charge < -0.3 is 9.64 Å². The molecule has 0 aliphatic carbocycles. The van der Waals surface area contributed by atoms with E-state index in [1.807, 2.05) is 24.2 Å². The van der Waals surface area contributed by atoms with Crippen LogP contribution in [0.3, 0.4) is 0 Å². The standard InChI is InChI=1S/C15H16FN5O/c1-20-8-13(18-19-20)11-7-21(9-15(11)22-2)14-5-3-4-12(16)10(14)6-17/h3-5,8,11,15H,7,9H2,1-2H3/t11-,15+/m0/s1. The molecule has 22 heavy (non-hydrogen) atoms. The second-order valence-corrected chi connectivity index (χ2v) is 5.35. The number of aryl methyl sites for hydroxylation is 1. The predicted molar refractivity (Wildman–Crippen MR) is 77.9 cm³/mol. The van der Waals surface area contributed by atoms with Gasteiger partial charge in [-0.3, -0.25) is 4.68 Å². The molecule has 1 aliphatic heterocycles. The zero-order chi connectivity index (χ0) is 15.7. The third kappa shape index (κ3) is 2.42. The van der Waals surface area contributed by atoms with Gasteiger partial charge in [-0.25, -0.2) is 4.39 Å².